The van der Waals surface area contributed by atoms with E-state index in [2.05, 4.69) is 0 Å². The van der Waals surface area contributed by atoms with Gasteiger partial charge < -0.3 is 29.9 Å². The maximum Gasteiger partial charge on any atom is 0.229 e. The zero-order valence-electron chi connectivity index (χ0n) is 14.6. The molecule has 0 aromatic heterocycles. The van der Waals surface area contributed by atoms with Crippen molar-refractivity contribution in [1.82, 2.24) is 0 Å². The predicted molar refractivity (Wildman–Crippen MR) is 94.1 cm³/mol. The summed E-state index contributed by atoms with van der Waals surface area (Å²) in [7, 11) is 0. The van der Waals surface area contributed by atoms with E-state index in [1.807, 2.05) is 0 Å². The molecule has 146 valence electrons. The van der Waals surface area contributed by atoms with Gasteiger partial charge in [0.05, 0.1) is 12.2 Å². The van der Waals surface area contributed by atoms with Crippen LogP contribution in [0.3, 0.4) is 0 Å². The highest BCUT2D eigenvalue weighted by Crippen LogP contribution is 2.35. The molecule has 0 saturated carbocycles. The molecule has 28 heavy (non-hydrogen) atoms. The second-order valence-electron chi connectivity index (χ2n) is 6.70. The molecule has 1 fully saturated rings. The summed E-state index contributed by atoms with van der Waals surface area (Å²) in [5, 5.41) is 39.3. The number of aliphatic hydroxyl groups is 4. The van der Waals surface area contributed by atoms with Gasteiger partial charge in [0.1, 0.15) is 30.2 Å². The molecular weight excluding hydrogens is 368 g/mol. The third kappa shape index (κ3) is 2.83. The SMILES string of the molecule is O=C1c2ccccc2C(=O)c2c(OC3OC(CO)C(O)C(O)C3O)cccc21. The quantitative estimate of drug-likeness (QED) is 0.480. The number of carbonyl (C=O) groups is 2. The molecule has 2 aliphatic rings. The van der Waals surface area contributed by atoms with Gasteiger partial charge in [-0.3, -0.25) is 9.59 Å². The van der Waals surface area contributed by atoms with E-state index in [1.54, 1.807) is 24.3 Å². The molecule has 8 heteroatoms. The molecule has 0 amide bonds. The minimum atomic E-state index is -1.63. The molecule has 0 spiro atoms. The summed E-state index contributed by atoms with van der Waals surface area (Å²) in [6.45, 7) is -0.609. The van der Waals surface area contributed by atoms with E-state index in [1.165, 1.54) is 18.2 Å². The van der Waals surface area contributed by atoms with Crippen LogP contribution in [-0.4, -0.2) is 69.3 Å². The van der Waals surface area contributed by atoms with E-state index < -0.39 is 43.1 Å². The standard InChI is InChI=1S/C20H18O8/c21-8-13-17(24)18(25)19(26)20(28-13)27-12-7-3-6-11-14(12)16(23)10-5-2-1-4-9(10)15(11)22/h1-7,13,17-21,24-26H,8H2. The van der Waals surface area contributed by atoms with Gasteiger partial charge in [-0.1, -0.05) is 36.4 Å². The molecule has 1 aliphatic heterocycles. The first kappa shape index (κ1) is 18.7. The van der Waals surface area contributed by atoms with Crippen molar-refractivity contribution in [3.63, 3.8) is 0 Å². The number of benzene rings is 2. The van der Waals surface area contributed by atoms with Crippen LogP contribution in [0.4, 0.5) is 0 Å². The van der Waals surface area contributed by atoms with Gasteiger partial charge in [-0.25, -0.2) is 0 Å². The monoisotopic (exact) mass is 386 g/mol. The van der Waals surface area contributed by atoms with Crippen LogP contribution in [0.2, 0.25) is 0 Å². The summed E-state index contributed by atoms with van der Waals surface area (Å²) in [6, 6.07) is 10.9. The van der Waals surface area contributed by atoms with Crippen LogP contribution in [0.25, 0.3) is 0 Å². The largest absolute Gasteiger partial charge is 0.461 e. The first-order valence-electron chi connectivity index (χ1n) is 8.72. The lowest BCUT2D eigenvalue weighted by molar-refractivity contribution is -0.277. The molecule has 8 nitrogen and oxygen atoms in total. The van der Waals surface area contributed by atoms with Crippen LogP contribution in [-0.2, 0) is 4.74 Å². The van der Waals surface area contributed by atoms with E-state index >= 15 is 0 Å². The normalized spacial score (nSPS) is 29.2. The summed E-state index contributed by atoms with van der Waals surface area (Å²) in [5.74, 6) is -0.746. The molecule has 0 radical (unpaired) electrons. The van der Waals surface area contributed by atoms with Crippen LogP contribution in [0, 0.1) is 0 Å². The van der Waals surface area contributed by atoms with Gasteiger partial charge in [-0.15, -0.1) is 0 Å². The predicted octanol–water partition coefficient (Wildman–Crippen LogP) is -0.359. The minimum absolute atomic E-state index is 0.00492. The molecule has 2 aromatic carbocycles. The summed E-state index contributed by atoms with van der Waals surface area (Å²) in [5.41, 5.74) is 0.726. The van der Waals surface area contributed by atoms with Crippen LogP contribution < -0.4 is 4.74 Å². The number of ether oxygens (including phenoxy) is 2. The van der Waals surface area contributed by atoms with Crippen molar-refractivity contribution in [3.8, 4) is 5.75 Å². The average Bonchev–Trinajstić information content (AvgIpc) is 2.72. The Morgan fingerprint density at radius 1 is 0.821 bits per heavy atom. The van der Waals surface area contributed by atoms with Crippen molar-refractivity contribution in [3.05, 3.63) is 64.7 Å². The first-order chi connectivity index (χ1) is 13.4. The molecule has 0 bridgehead atoms. The van der Waals surface area contributed by atoms with Crippen LogP contribution >= 0.6 is 0 Å². The lowest BCUT2D eigenvalue weighted by Gasteiger charge is -2.39. The fourth-order valence-corrected chi connectivity index (χ4v) is 3.50. The number of fused-ring (bicyclic) bond motifs is 2. The molecule has 5 atom stereocenters. The van der Waals surface area contributed by atoms with E-state index in [9.17, 15) is 30.0 Å². The van der Waals surface area contributed by atoms with E-state index in [4.69, 9.17) is 9.47 Å². The van der Waals surface area contributed by atoms with E-state index in [0.29, 0.717) is 5.56 Å². The highest BCUT2D eigenvalue weighted by molar-refractivity contribution is 6.29. The number of hydrogen-bond donors (Lipinski definition) is 4. The zero-order valence-corrected chi connectivity index (χ0v) is 14.6. The van der Waals surface area contributed by atoms with Crippen molar-refractivity contribution in [1.29, 1.82) is 0 Å². The van der Waals surface area contributed by atoms with Crippen molar-refractivity contribution in [2.24, 2.45) is 0 Å². The second kappa shape index (κ2) is 7.08. The van der Waals surface area contributed by atoms with Crippen molar-refractivity contribution < 1.29 is 39.5 Å². The van der Waals surface area contributed by atoms with Crippen molar-refractivity contribution >= 4 is 11.6 Å². The van der Waals surface area contributed by atoms with Gasteiger partial charge >= 0.3 is 0 Å². The van der Waals surface area contributed by atoms with Crippen LogP contribution in [0.1, 0.15) is 31.8 Å². The summed E-state index contributed by atoms with van der Waals surface area (Å²) < 4.78 is 11.0. The van der Waals surface area contributed by atoms with Gasteiger partial charge in [-0.05, 0) is 6.07 Å². The lowest BCUT2D eigenvalue weighted by Crippen LogP contribution is -2.60. The Hall–Kier alpha value is -2.62. The molecular formula is C20H18O8. The number of rotatable bonds is 3. The smallest absolute Gasteiger partial charge is 0.229 e. The molecule has 4 N–H and O–H groups in total. The van der Waals surface area contributed by atoms with Crippen molar-refractivity contribution in [2.45, 2.75) is 30.7 Å². The fourth-order valence-electron chi connectivity index (χ4n) is 3.50. The lowest BCUT2D eigenvalue weighted by atomic mass is 9.83. The Bertz CT molecular complexity index is 938. The Labute approximate surface area is 159 Å². The maximum atomic E-state index is 13.0. The molecule has 1 aliphatic carbocycles. The fraction of sp³-hybridized carbons (Fsp3) is 0.300. The summed E-state index contributed by atoms with van der Waals surface area (Å²) in [4.78, 5) is 25.7. The average molecular weight is 386 g/mol. The number of carbonyl (C=O) groups excluding carboxylic acids is 2. The minimum Gasteiger partial charge on any atom is -0.461 e. The number of aliphatic hydroxyl groups excluding tert-OH is 4. The summed E-state index contributed by atoms with van der Waals surface area (Å²) in [6.07, 6.45) is -7.38. The Morgan fingerprint density at radius 3 is 2.14 bits per heavy atom. The van der Waals surface area contributed by atoms with Gasteiger partial charge in [0, 0.05) is 16.7 Å². The third-order valence-corrected chi connectivity index (χ3v) is 5.01. The maximum absolute atomic E-state index is 13.0. The molecule has 1 heterocycles. The van der Waals surface area contributed by atoms with Crippen molar-refractivity contribution in [2.75, 3.05) is 6.61 Å². The molecule has 2 aromatic rings. The van der Waals surface area contributed by atoms with Gasteiger partial charge in [-0.2, -0.15) is 0 Å². The number of ketones is 2. The highest BCUT2D eigenvalue weighted by atomic mass is 16.7. The van der Waals surface area contributed by atoms with Gasteiger partial charge in [0.2, 0.25) is 6.29 Å². The van der Waals surface area contributed by atoms with Gasteiger partial charge in [0.25, 0.3) is 0 Å². The van der Waals surface area contributed by atoms with Crippen LogP contribution in [0.15, 0.2) is 42.5 Å². The highest BCUT2D eigenvalue weighted by Gasteiger charge is 2.45. The first-order valence-corrected chi connectivity index (χ1v) is 8.72. The summed E-state index contributed by atoms with van der Waals surface area (Å²) >= 11 is 0. The van der Waals surface area contributed by atoms with Gasteiger partial charge in [0.15, 0.2) is 11.6 Å². The molecule has 5 unspecified atom stereocenters. The van der Waals surface area contributed by atoms with E-state index in [0.717, 1.165) is 0 Å². The Morgan fingerprint density at radius 2 is 1.46 bits per heavy atom. The van der Waals surface area contributed by atoms with E-state index in [-0.39, 0.29) is 28.2 Å². The number of hydrogen-bond acceptors (Lipinski definition) is 8. The topological polar surface area (TPSA) is 134 Å². The second-order valence-corrected chi connectivity index (χ2v) is 6.70. The Kier molecular flexibility index (Phi) is 4.74. The van der Waals surface area contributed by atoms with Crippen LogP contribution in [0.5, 0.6) is 5.75 Å². The third-order valence-electron chi connectivity index (χ3n) is 5.01. The zero-order chi connectivity index (χ0) is 20.0. The molecule has 1 saturated heterocycles. The molecule has 4 rings (SSSR count). The Balaban J connectivity index is 1.71.